The summed E-state index contributed by atoms with van der Waals surface area (Å²) in [6.07, 6.45) is -0.706. The van der Waals surface area contributed by atoms with E-state index in [2.05, 4.69) is 5.32 Å². The molecule has 1 unspecified atom stereocenters. The summed E-state index contributed by atoms with van der Waals surface area (Å²) in [5.74, 6) is -0.200. The topological polar surface area (TPSA) is 58.6 Å². The molecule has 1 atom stereocenters. The van der Waals surface area contributed by atoms with Crippen molar-refractivity contribution in [2.45, 2.75) is 12.7 Å². The Hall–Kier alpha value is -2.17. The maximum Gasteiger partial charge on any atom is 0.251 e. The summed E-state index contributed by atoms with van der Waals surface area (Å²) < 4.78 is 5.02. The molecule has 0 aliphatic rings. The molecule has 0 aliphatic heterocycles. The molecule has 0 bridgehead atoms. The number of rotatable bonds is 6. The Morgan fingerprint density at radius 3 is 2.43 bits per heavy atom. The molecule has 1 amide bonds. The molecule has 0 aliphatic carbocycles. The van der Waals surface area contributed by atoms with E-state index in [1.165, 1.54) is 0 Å². The van der Waals surface area contributed by atoms with Crippen molar-refractivity contribution in [3.8, 4) is 0 Å². The zero-order chi connectivity index (χ0) is 15.1. The number of hydrogen-bond acceptors (Lipinski definition) is 3. The third-order valence-corrected chi connectivity index (χ3v) is 3.17. The summed E-state index contributed by atoms with van der Waals surface area (Å²) in [5, 5.41) is 12.7. The quantitative estimate of drug-likeness (QED) is 0.856. The van der Waals surface area contributed by atoms with Crippen LogP contribution < -0.4 is 5.32 Å². The molecule has 4 nitrogen and oxygen atoms in total. The van der Waals surface area contributed by atoms with Gasteiger partial charge in [-0.15, -0.1) is 0 Å². The van der Waals surface area contributed by atoms with Crippen LogP contribution in [-0.2, 0) is 11.3 Å². The number of benzene rings is 2. The van der Waals surface area contributed by atoms with Crippen molar-refractivity contribution < 1.29 is 14.6 Å². The van der Waals surface area contributed by atoms with E-state index >= 15 is 0 Å². The van der Waals surface area contributed by atoms with Crippen LogP contribution in [0.1, 0.15) is 27.6 Å². The minimum atomic E-state index is -0.706. The van der Waals surface area contributed by atoms with Crippen LogP contribution in [0.15, 0.2) is 54.6 Å². The molecule has 4 heteroatoms. The van der Waals surface area contributed by atoms with Crippen LogP contribution >= 0.6 is 0 Å². The standard InChI is InChI=1S/C17H19NO3/c1-21-12-13-7-9-15(10-8-13)17(20)18-11-16(19)14-5-3-2-4-6-14/h2-10,16,19H,11-12H2,1H3,(H,18,20). The summed E-state index contributed by atoms with van der Waals surface area (Å²) in [7, 11) is 1.63. The number of carbonyl (C=O) groups excluding carboxylic acids is 1. The smallest absolute Gasteiger partial charge is 0.251 e. The van der Waals surface area contributed by atoms with Gasteiger partial charge in [0.2, 0.25) is 0 Å². The molecule has 0 fully saturated rings. The van der Waals surface area contributed by atoms with Crippen LogP contribution in [0.2, 0.25) is 0 Å². The van der Waals surface area contributed by atoms with E-state index in [0.717, 1.165) is 11.1 Å². The number of aliphatic hydroxyl groups is 1. The maximum absolute atomic E-state index is 12.0. The van der Waals surface area contributed by atoms with E-state index in [-0.39, 0.29) is 12.5 Å². The predicted molar refractivity (Wildman–Crippen MR) is 80.9 cm³/mol. The molecule has 0 spiro atoms. The third-order valence-electron chi connectivity index (χ3n) is 3.17. The first-order chi connectivity index (χ1) is 10.2. The summed E-state index contributed by atoms with van der Waals surface area (Å²) in [5.41, 5.74) is 2.36. The van der Waals surface area contributed by atoms with Gasteiger partial charge in [0.1, 0.15) is 0 Å². The Kier molecular flexibility index (Phi) is 5.49. The van der Waals surface area contributed by atoms with Gasteiger partial charge in [0.25, 0.3) is 5.91 Å². The number of hydrogen-bond donors (Lipinski definition) is 2. The molecule has 0 aromatic heterocycles. The number of amides is 1. The normalized spacial score (nSPS) is 11.9. The van der Waals surface area contributed by atoms with Crippen molar-refractivity contribution in [1.82, 2.24) is 5.32 Å². The van der Waals surface area contributed by atoms with Crippen LogP contribution in [0, 0.1) is 0 Å². The molecule has 2 aromatic carbocycles. The fourth-order valence-electron chi connectivity index (χ4n) is 2.00. The van der Waals surface area contributed by atoms with Crippen molar-refractivity contribution in [1.29, 1.82) is 0 Å². The lowest BCUT2D eigenvalue weighted by molar-refractivity contribution is 0.0916. The van der Waals surface area contributed by atoms with E-state index in [1.807, 2.05) is 42.5 Å². The molecule has 0 radical (unpaired) electrons. The van der Waals surface area contributed by atoms with Crippen LogP contribution in [0.5, 0.6) is 0 Å². The number of carbonyl (C=O) groups is 1. The second-order valence-corrected chi connectivity index (χ2v) is 4.77. The summed E-state index contributed by atoms with van der Waals surface area (Å²) in [6.45, 7) is 0.706. The molecule has 2 N–H and O–H groups in total. The van der Waals surface area contributed by atoms with Crippen LogP contribution in [0.25, 0.3) is 0 Å². The number of ether oxygens (including phenoxy) is 1. The Morgan fingerprint density at radius 1 is 1.14 bits per heavy atom. The first kappa shape index (κ1) is 15.2. The number of methoxy groups -OCH3 is 1. The first-order valence-electron chi connectivity index (χ1n) is 6.80. The highest BCUT2D eigenvalue weighted by Gasteiger charge is 2.10. The highest BCUT2D eigenvalue weighted by molar-refractivity contribution is 5.94. The van der Waals surface area contributed by atoms with Gasteiger partial charge in [-0.25, -0.2) is 0 Å². The molecular weight excluding hydrogens is 266 g/mol. The van der Waals surface area contributed by atoms with Gasteiger partial charge in [0.05, 0.1) is 12.7 Å². The van der Waals surface area contributed by atoms with E-state index in [0.29, 0.717) is 12.2 Å². The highest BCUT2D eigenvalue weighted by Crippen LogP contribution is 2.11. The van der Waals surface area contributed by atoms with Crippen LogP contribution in [0.3, 0.4) is 0 Å². The molecule has 2 rings (SSSR count). The van der Waals surface area contributed by atoms with Gasteiger partial charge < -0.3 is 15.2 Å². The Bertz CT molecular complexity index is 566. The van der Waals surface area contributed by atoms with Gasteiger partial charge in [-0.05, 0) is 23.3 Å². The average Bonchev–Trinajstić information content (AvgIpc) is 2.54. The van der Waals surface area contributed by atoms with Crippen molar-refractivity contribution in [2.24, 2.45) is 0 Å². The van der Waals surface area contributed by atoms with Crippen LogP contribution in [-0.4, -0.2) is 24.7 Å². The molecular formula is C17H19NO3. The summed E-state index contributed by atoms with van der Waals surface area (Å²) >= 11 is 0. The highest BCUT2D eigenvalue weighted by atomic mass is 16.5. The molecule has 21 heavy (non-hydrogen) atoms. The monoisotopic (exact) mass is 285 g/mol. The lowest BCUT2D eigenvalue weighted by atomic mass is 10.1. The summed E-state index contributed by atoms with van der Waals surface area (Å²) in [6, 6.07) is 16.5. The van der Waals surface area contributed by atoms with Gasteiger partial charge in [-0.3, -0.25) is 4.79 Å². The molecule has 0 saturated carbocycles. The maximum atomic E-state index is 12.0. The Balaban J connectivity index is 1.89. The second-order valence-electron chi connectivity index (χ2n) is 4.77. The SMILES string of the molecule is COCc1ccc(C(=O)NCC(O)c2ccccc2)cc1. The van der Waals surface area contributed by atoms with Crippen molar-refractivity contribution >= 4 is 5.91 Å². The minimum Gasteiger partial charge on any atom is -0.387 e. The van der Waals surface area contributed by atoms with E-state index in [1.54, 1.807) is 19.2 Å². The fourth-order valence-corrected chi connectivity index (χ4v) is 2.00. The van der Waals surface area contributed by atoms with Gasteiger partial charge in [0, 0.05) is 19.2 Å². The molecule has 0 heterocycles. The lowest BCUT2D eigenvalue weighted by Crippen LogP contribution is -2.28. The first-order valence-corrected chi connectivity index (χ1v) is 6.80. The van der Waals surface area contributed by atoms with E-state index < -0.39 is 6.10 Å². The fraction of sp³-hybridized carbons (Fsp3) is 0.235. The van der Waals surface area contributed by atoms with Crippen molar-refractivity contribution in [3.63, 3.8) is 0 Å². The van der Waals surface area contributed by atoms with E-state index in [9.17, 15) is 9.90 Å². The summed E-state index contributed by atoms with van der Waals surface area (Å²) in [4.78, 5) is 12.0. The van der Waals surface area contributed by atoms with Gasteiger partial charge in [-0.1, -0.05) is 42.5 Å². The van der Waals surface area contributed by atoms with Gasteiger partial charge in [-0.2, -0.15) is 0 Å². The van der Waals surface area contributed by atoms with Gasteiger partial charge in [0.15, 0.2) is 0 Å². The van der Waals surface area contributed by atoms with Crippen molar-refractivity contribution in [3.05, 3.63) is 71.3 Å². The minimum absolute atomic E-state index is 0.183. The van der Waals surface area contributed by atoms with Crippen LogP contribution in [0.4, 0.5) is 0 Å². The zero-order valence-electron chi connectivity index (χ0n) is 12.0. The average molecular weight is 285 g/mol. The molecule has 2 aromatic rings. The van der Waals surface area contributed by atoms with E-state index in [4.69, 9.17) is 4.74 Å². The predicted octanol–water partition coefficient (Wildman–Crippen LogP) is 2.30. The zero-order valence-corrected chi connectivity index (χ0v) is 12.0. The van der Waals surface area contributed by atoms with Gasteiger partial charge >= 0.3 is 0 Å². The largest absolute Gasteiger partial charge is 0.387 e. The number of nitrogens with one attached hydrogen (secondary N) is 1. The molecule has 0 saturated heterocycles. The Labute approximate surface area is 124 Å². The second kappa shape index (κ2) is 7.57. The third kappa shape index (κ3) is 4.41. The number of aliphatic hydroxyl groups excluding tert-OH is 1. The molecule has 110 valence electrons. The lowest BCUT2D eigenvalue weighted by Gasteiger charge is -2.12. The van der Waals surface area contributed by atoms with Crippen molar-refractivity contribution in [2.75, 3.05) is 13.7 Å². The Morgan fingerprint density at radius 2 is 1.81 bits per heavy atom.